The van der Waals surface area contributed by atoms with Crippen LogP contribution in [0.3, 0.4) is 0 Å². The van der Waals surface area contributed by atoms with Crippen molar-refractivity contribution in [2.24, 2.45) is 0 Å². The molecule has 1 atom stereocenters. The number of benzene rings is 1. The maximum atomic E-state index is 5.32. The second kappa shape index (κ2) is 5.27. The van der Waals surface area contributed by atoms with Gasteiger partial charge in [-0.15, -0.1) is 0 Å². The summed E-state index contributed by atoms with van der Waals surface area (Å²) in [5, 5.41) is 6.73. The van der Waals surface area contributed by atoms with Crippen molar-refractivity contribution in [1.82, 2.24) is 5.32 Å². The van der Waals surface area contributed by atoms with Crippen molar-refractivity contribution in [3.63, 3.8) is 0 Å². The van der Waals surface area contributed by atoms with Crippen LogP contribution in [0, 0.1) is 0 Å². The number of methoxy groups -OCH3 is 2. The Hall–Kier alpha value is -1.42. The van der Waals surface area contributed by atoms with Crippen LogP contribution >= 0.6 is 0 Å². The van der Waals surface area contributed by atoms with Gasteiger partial charge in [-0.05, 0) is 31.5 Å². The zero-order chi connectivity index (χ0) is 12.3. The molecule has 0 radical (unpaired) electrons. The third-order valence-corrected chi connectivity index (χ3v) is 3.18. The normalized spacial score (nSPS) is 18.2. The molecule has 94 valence electrons. The van der Waals surface area contributed by atoms with Gasteiger partial charge in [0.2, 0.25) is 0 Å². The summed E-state index contributed by atoms with van der Waals surface area (Å²) >= 11 is 0. The fraction of sp³-hybridized carbons (Fsp3) is 0.538. The number of ether oxygens (including phenoxy) is 2. The lowest BCUT2D eigenvalue weighted by Gasteiger charge is -2.27. The first-order valence-electron chi connectivity index (χ1n) is 5.94. The van der Waals surface area contributed by atoms with E-state index in [9.17, 15) is 0 Å². The monoisotopic (exact) mass is 236 g/mol. The summed E-state index contributed by atoms with van der Waals surface area (Å²) < 4.78 is 10.6. The average Bonchev–Trinajstić information content (AvgIpc) is 2.37. The van der Waals surface area contributed by atoms with E-state index in [4.69, 9.17) is 9.47 Å². The molecule has 0 aliphatic carbocycles. The zero-order valence-corrected chi connectivity index (χ0v) is 10.7. The Bertz CT molecular complexity index is 393. The molecule has 0 bridgehead atoms. The zero-order valence-electron chi connectivity index (χ0n) is 10.7. The van der Waals surface area contributed by atoms with E-state index in [1.165, 1.54) is 5.56 Å². The Balaban J connectivity index is 2.25. The van der Waals surface area contributed by atoms with E-state index in [-0.39, 0.29) is 0 Å². The molecule has 1 aromatic rings. The van der Waals surface area contributed by atoms with Gasteiger partial charge in [-0.25, -0.2) is 0 Å². The van der Waals surface area contributed by atoms with Crippen molar-refractivity contribution in [2.75, 3.05) is 33.1 Å². The van der Waals surface area contributed by atoms with Gasteiger partial charge < -0.3 is 20.1 Å². The van der Waals surface area contributed by atoms with Crippen LogP contribution in [0.15, 0.2) is 12.1 Å². The molecule has 1 heterocycles. The van der Waals surface area contributed by atoms with Gasteiger partial charge in [-0.2, -0.15) is 0 Å². The van der Waals surface area contributed by atoms with E-state index in [0.717, 1.165) is 36.6 Å². The number of aryl methyl sites for hydroxylation is 1. The van der Waals surface area contributed by atoms with Crippen LogP contribution in [0.2, 0.25) is 0 Å². The summed E-state index contributed by atoms with van der Waals surface area (Å²) in [7, 11) is 5.31. The quantitative estimate of drug-likeness (QED) is 0.834. The van der Waals surface area contributed by atoms with Crippen LogP contribution in [0.5, 0.6) is 11.5 Å². The van der Waals surface area contributed by atoms with Crippen LogP contribution in [0.1, 0.15) is 12.0 Å². The highest BCUT2D eigenvalue weighted by Gasteiger charge is 2.19. The van der Waals surface area contributed by atoms with Gasteiger partial charge in [-0.3, -0.25) is 0 Å². The van der Waals surface area contributed by atoms with Crippen LogP contribution in [0.25, 0.3) is 0 Å². The van der Waals surface area contributed by atoms with Crippen molar-refractivity contribution in [1.29, 1.82) is 0 Å². The molecule has 1 aliphatic rings. The van der Waals surface area contributed by atoms with Crippen molar-refractivity contribution in [3.8, 4) is 11.5 Å². The average molecular weight is 236 g/mol. The maximum Gasteiger partial charge on any atom is 0.162 e. The van der Waals surface area contributed by atoms with Gasteiger partial charge in [0.05, 0.1) is 14.2 Å². The van der Waals surface area contributed by atoms with Gasteiger partial charge in [0.15, 0.2) is 11.5 Å². The Morgan fingerprint density at radius 2 is 2.00 bits per heavy atom. The highest BCUT2D eigenvalue weighted by atomic mass is 16.5. The molecule has 4 heteroatoms. The van der Waals surface area contributed by atoms with E-state index in [1.54, 1.807) is 14.2 Å². The predicted molar refractivity (Wildman–Crippen MR) is 69.2 cm³/mol. The summed E-state index contributed by atoms with van der Waals surface area (Å²) in [5.74, 6) is 1.59. The Morgan fingerprint density at radius 1 is 1.29 bits per heavy atom. The van der Waals surface area contributed by atoms with Crippen LogP contribution in [-0.4, -0.2) is 33.9 Å². The highest BCUT2D eigenvalue weighted by molar-refractivity contribution is 5.62. The second-order valence-electron chi connectivity index (χ2n) is 4.30. The first kappa shape index (κ1) is 12.0. The van der Waals surface area contributed by atoms with Crippen molar-refractivity contribution < 1.29 is 9.47 Å². The first-order valence-corrected chi connectivity index (χ1v) is 5.94. The summed E-state index contributed by atoms with van der Waals surface area (Å²) in [6.07, 6.45) is 2.22. The van der Waals surface area contributed by atoms with E-state index in [2.05, 4.69) is 16.7 Å². The molecule has 0 saturated carbocycles. The van der Waals surface area contributed by atoms with Crippen LogP contribution in [0.4, 0.5) is 5.69 Å². The van der Waals surface area contributed by atoms with Gasteiger partial charge in [0, 0.05) is 24.3 Å². The molecule has 0 amide bonds. The molecule has 0 saturated heterocycles. The number of anilines is 1. The third kappa shape index (κ3) is 2.47. The van der Waals surface area contributed by atoms with Gasteiger partial charge in [-0.1, -0.05) is 0 Å². The van der Waals surface area contributed by atoms with E-state index >= 15 is 0 Å². The van der Waals surface area contributed by atoms with Crippen molar-refractivity contribution in [3.05, 3.63) is 17.7 Å². The lowest BCUT2D eigenvalue weighted by Crippen LogP contribution is -2.34. The molecule has 1 aromatic carbocycles. The molecule has 0 fully saturated rings. The van der Waals surface area contributed by atoms with Gasteiger partial charge in [0.25, 0.3) is 0 Å². The number of rotatable bonds is 4. The highest BCUT2D eigenvalue weighted by Crippen LogP contribution is 2.36. The van der Waals surface area contributed by atoms with E-state index in [1.807, 2.05) is 13.1 Å². The fourth-order valence-corrected chi connectivity index (χ4v) is 2.28. The molecule has 1 aliphatic heterocycles. The van der Waals surface area contributed by atoms with Crippen LogP contribution < -0.4 is 20.1 Å². The summed E-state index contributed by atoms with van der Waals surface area (Å²) in [4.78, 5) is 0. The summed E-state index contributed by atoms with van der Waals surface area (Å²) in [6.45, 7) is 0.980. The molecule has 0 aromatic heterocycles. The topological polar surface area (TPSA) is 42.5 Å². The SMILES string of the molecule is CNCC1CCc2cc(OC)c(OC)cc2N1. The molecule has 4 nitrogen and oxygen atoms in total. The summed E-state index contributed by atoms with van der Waals surface area (Å²) in [6, 6.07) is 4.58. The van der Waals surface area contributed by atoms with Gasteiger partial charge >= 0.3 is 0 Å². The van der Waals surface area contributed by atoms with E-state index in [0.29, 0.717) is 6.04 Å². The smallest absolute Gasteiger partial charge is 0.162 e. The Morgan fingerprint density at radius 3 is 2.65 bits per heavy atom. The number of hydrogen-bond acceptors (Lipinski definition) is 4. The number of hydrogen-bond donors (Lipinski definition) is 2. The lowest BCUT2D eigenvalue weighted by molar-refractivity contribution is 0.354. The first-order chi connectivity index (χ1) is 8.28. The molecule has 17 heavy (non-hydrogen) atoms. The number of likely N-dealkylation sites (N-methyl/N-ethyl adjacent to an activating group) is 1. The predicted octanol–water partition coefficient (Wildman–Crippen LogP) is 1.65. The molecular formula is C13H20N2O2. The van der Waals surface area contributed by atoms with Crippen molar-refractivity contribution in [2.45, 2.75) is 18.9 Å². The van der Waals surface area contributed by atoms with Crippen molar-refractivity contribution >= 4 is 5.69 Å². The fourth-order valence-electron chi connectivity index (χ4n) is 2.28. The van der Waals surface area contributed by atoms with Gasteiger partial charge in [0.1, 0.15) is 0 Å². The minimum atomic E-state index is 0.491. The lowest BCUT2D eigenvalue weighted by atomic mass is 9.97. The molecule has 1 unspecified atom stereocenters. The summed E-state index contributed by atoms with van der Waals surface area (Å²) in [5.41, 5.74) is 2.46. The largest absolute Gasteiger partial charge is 0.493 e. The third-order valence-electron chi connectivity index (χ3n) is 3.18. The molecule has 2 rings (SSSR count). The Kier molecular flexibility index (Phi) is 3.74. The standard InChI is InChI=1S/C13H20N2O2/c1-14-8-10-5-4-9-6-12(16-2)13(17-3)7-11(9)15-10/h6-7,10,14-15H,4-5,8H2,1-3H3. The molecule has 0 spiro atoms. The van der Waals surface area contributed by atoms with Crippen LogP contribution in [-0.2, 0) is 6.42 Å². The minimum Gasteiger partial charge on any atom is -0.493 e. The number of fused-ring (bicyclic) bond motifs is 1. The number of nitrogens with one attached hydrogen (secondary N) is 2. The minimum absolute atomic E-state index is 0.491. The molecule has 2 N–H and O–H groups in total. The molecular weight excluding hydrogens is 216 g/mol. The second-order valence-corrected chi connectivity index (χ2v) is 4.30. The maximum absolute atomic E-state index is 5.32. The van der Waals surface area contributed by atoms with E-state index < -0.39 is 0 Å². The Labute approximate surface area is 102 Å².